The quantitative estimate of drug-likeness (QED) is 0.609. The Kier molecular flexibility index (Phi) is 6.65. The number of carbonyl (C=O) groups excluding carboxylic acids is 2. The molecule has 0 N–H and O–H groups in total. The van der Waals surface area contributed by atoms with E-state index in [-0.39, 0.29) is 30.3 Å². The smallest absolute Gasteiger partial charge is 0.242 e. The molecule has 0 radical (unpaired) electrons. The van der Waals surface area contributed by atoms with Gasteiger partial charge < -0.3 is 14.5 Å². The van der Waals surface area contributed by atoms with Gasteiger partial charge in [-0.25, -0.2) is 0 Å². The molecule has 6 heteroatoms. The number of benzene rings is 1. The SMILES string of the molecule is Cc1ccccc1OCC1c2ccsc2CCN1C(=O)CN(CC(C)C)C(=O)C1CC1. The Labute approximate surface area is 189 Å². The lowest BCUT2D eigenvalue weighted by atomic mass is 10.00. The third-order valence-electron chi connectivity index (χ3n) is 6.06. The van der Waals surface area contributed by atoms with E-state index in [0.717, 1.165) is 30.6 Å². The summed E-state index contributed by atoms with van der Waals surface area (Å²) in [5.41, 5.74) is 2.27. The number of hydrogen-bond donors (Lipinski definition) is 0. The molecule has 5 nitrogen and oxygen atoms in total. The summed E-state index contributed by atoms with van der Waals surface area (Å²) >= 11 is 1.75. The summed E-state index contributed by atoms with van der Waals surface area (Å²) in [6.07, 6.45) is 2.77. The van der Waals surface area contributed by atoms with Crippen LogP contribution in [0.25, 0.3) is 0 Å². The van der Waals surface area contributed by atoms with Gasteiger partial charge in [0.05, 0.1) is 12.6 Å². The van der Waals surface area contributed by atoms with E-state index in [0.29, 0.717) is 25.6 Å². The lowest BCUT2D eigenvalue weighted by Crippen LogP contribution is -2.48. The first-order chi connectivity index (χ1) is 14.9. The lowest BCUT2D eigenvalue weighted by molar-refractivity contribution is -0.143. The van der Waals surface area contributed by atoms with Crippen LogP contribution in [-0.4, -0.2) is 47.9 Å². The van der Waals surface area contributed by atoms with Crippen LogP contribution in [0.5, 0.6) is 5.75 Å². The van der Waals surface area contributed by atoms with E-state index in [4.69, 9.17) is 4.74 Å². The summed E-state index contributed by atoms with van der Waals surface area (Å²) in [6.45, 7) is 8.09. The Balaban J connectivity index is 1.51. The molecule has 1 saturated carbocycles. The van der Waals surface area contributed by atoms with Gasteiger partial charge in [0.25, 0.3) is 0 Å². The standard InChI is InChI=1S/C25H32N2O3S/c1-17(2)14-26(25(29)19-8-9-19)15-24(28)27-12-10-23-20(11-13-31-23)21(27)16-30-22-7-5-4-6-18(22)3/h4-7,11,13,17,19,21H,8-10,12,14-16H2,1-3H3. The van der Waals surface area contributed by atoms with Crippen LogP contribution in [0.2, 0.25) is 0 Å². The third-order valence-corrected chi connectivity index (χ3v) is 7.05. The maximum absolute atomic E-state index is 13.4. The second-order valence-electron chi connectivity index (χ2n) is 9.12. The molecular formula is C25H32N2O3S. The summed E-state index contributed by atoms with van der Waals surface area (Å²) < 4.78 is 6.18. The van der Waals surface area contributed by atoms with Crippen molar-refractivity contribution in [3.05, 3.63) is 51.7 Å². The molecule has 2 heterocycles. The van der Waals surface area contributed by atoms with Crippen LogP contribution >= 0.6 is 11.3 Å². The number of aryl methyl sites for hydroxylation is 1. The molecule has 1 aliphatic heterocycles. The topological polar surface area (TPSA) is 49.9 Å². The van der Waals surface area contributed by atoms with Crippen molar-refractivity contribution in [1.29, 1.82) is 0 Å². The first-order valence-electron chi connectivity index (χ1n) is 11.3. The molecule has 166 valence electrons. The minimum atomic E-state index is -0.126. The van der Waals surface area contributed by atoms with Crippen LogP contribution in [-0.2, 0) is 16.0 Å². The molecule has 31 heavy (non-hydrogen) atoms. The second kappa shape index (κ2) is 9.43. The normalized spacial score (nSPS) is 18.1. The highest BCUT2D eigenvalue weighted by atomic mass is 32.1. The number of para-hydroxylation sites is 1. The zero-order chi connectivity index (χ0) is 22.0. The van der Waals surface area contributed by atoms with Crippen molar-refractivity contribution in [3.8, 4) is 5.75 Å². The summed E-state index contributed by atoms with van der Waals surface area (Å²) in [5.74, 6) is 1.47. The van der Waals surface area contributed by atoms with Crippen molar-refractivity contribution >= 4 is 23.2 Å². The van der Waals surface area contributed by atoms with Crippen LogP contribution in [0.4, 0.5) is 0 Å². The van der Waals surface area contributed by atoms with Gasteiger partial charge in [-0.15, -0.1) is 11.3 Å². The molecule has 4 rings (SSSR count). The van der Waals surface area contributed by atoms with E-state index in [1.165, 1.54) is 10.4 Å². The fourth-order valence-corrected chi connectivity index (χ4v) is 5.21. The number of ether oxygens (including phenoxy) is 1. The Morgan fingerprint density at radius 2 is 2.00 bits per heavy atom. The van der Waals surface area contributed by atoms with Gasteiger partial charge >= 0.3 is 0 Å². The summed E-state index contributed by atoms with van der Waals surface area (Å²) in [5, 5.41) is 2.10. The average molecular weight is 441 g/mol. The minimum absolute atomic E-state index is 0.0184. The molecule has 0 saturated heterocycles. The van der Waals surface area contributed by atoms with E-state index in [9.17, 15) is 9.59 Å². The highest BCUT2D eigenvalue weighted by Gasteiger charge is 2.37. The van der Waals surface area contributed by atoms with Crippen molar-refractivity contribution in [2.24, 2.45) is 11.8 Å². The molecule has 1 fully saturated rings. The molecule has 1 aliphatic carbocycles. The van der Waals surface area contributed by atoms with Gasteiger partial charge in [-0.1, -0.05) is 32.0 Å². The molecule has 1 aromatic carbocycles. The fraction of sp³-hybridized carbons (Fsp3) is 0.520. The summed E-state index contributed by atoms with van der Waals surface area (Å²) in [4.78, 5) is 31.3. The molecule has 1 aromatic heterocycles. The molecule has 0 bridgehead atoms. The largest absolute Gasteiger partial charge is 0.491 e. The van der Waals surface area contributed by atoms with E-state index in [1.807, 2.05) is 36.1 Å². The van der Waals surface area contributed by atoms with Gasteiger partial charge in [0, 0.05) is 23.9 Å². The number of carbonyl (C=O) groups is 2. The monoisotopic (exact) mass is 440 g/mol. The second-order valence-corrected chi connectivity index (χ2v) is 10.1. The Bertz CT molecular complexity index is 934. The highest BCUT2D eigenvalue weighted by Crippen LogP contribution is 2.35. The molecule has 0 spiro atoms. The van der Waals surface area contributed by atoms with Crippen molar-refractivity contribution in [3.63, 3.8) is 0 Å². The van der Waals surface area contributed by atoms with Gasteiger partial charge in [-0.3, -0.25) is 9.59 Å². The first-order valence-corrected chi connectivity index (χ1v) is 12.1. The Morgan fingerprint density at radius 1 is 1.23 bits per heavy atom. The van der Waals surface area contributed by atoms with E-state index in [2.05, 4.69) is 25.3 Å². The van der Waals surface area contributed by atoms with Crippen molar-refractivity contribution in [2.75, 3.05) is 26.2 Å². The third kappa shape index (κ3) is 5.12. The first kappa shape index (κ1) is 21.9. The Morgan fingerprint density at radius 3 is 2.71 bits per heavy atom. The molecule has 1 atom stereocenters. The predicted molar refractivity (Wildman–Crippen MR) is 123 cm³/mol. The predicted octanol–water partition coefficient (Wildman–Crippen LogP) is 4.46. The van der Waals surface area contributed by atoms with Gasteiger partial charge in [0.15, 0.2) is 0 Å². The van der Waals surface area contributed by atoms with Crippen molar-refractivity contribution in [2.45, 2.75) is 46.1 Å². The zero-order valence-corrected chi connectivity index (χ0v) is 19.5. The molecular weight excluding hydrogens is 408 g/mol. The van der Waals surface area contributed by atoms with E-state index in [1.54, 1.807) is 16.2 Å². The molecule has 2 amide bonds. The molecule has 2 aliphatic rings. The zero-order valence-electron chi connectivity index (χ0n) is 18.7. The lowest BCUT2D eigenvalue weighted by Gasteiger charge is -2.37. The van der Waals surface area contributed by atoms with Gasteiger partial charge in [0.2, 0.25) is 11.8 Å². The summed E-state index contributed by atoms with van der Waals surface area (Å²) in [7, 11) is 0. The van der Waals surface area contributed by atoms with E-state index < -0.39 is 0 Å². The van der Waals surface area contributed by atoms with Crippen LogP contribution < -0.4 is 4.74 Å². The van der Waals surface area contributed by atoms with Crippen LogP contribution in [0, 0.1) is 18.8 Å². The maximum atomic E-state index is 13.4. The van der Waals surface area contributed by atoms with Crippen molar-refractivity contribution in [1.82, 2.24) is 9.80 Å². The number of amides is 2. The van der Waals surface area contributed by atoms with Crippen molar-refractivity contribution < 1.29 is 14.3 Å². The number of nitrogens with zero attached hydrogens (tertiary/aromatic N) is 2. The number of thiophene rings is 1. The van der Waals surface area contributed by atoms with Crippen LogP contribution in [0.3, 0.4) is 0 Å². The van der Waals surface area contributed by atoms with Crippen LogP contribution in [0.1, 0.15) is 48.7 Å². The van der Waals surface area contributed by atoms with Gasteiger partial charge in [-0.05, 0) is 60.7 Å². The minimum Gasteiger partial charge on any atom is -0.491 e. The van der Waals surface area contributed by atoms with E-state index >= 15 is 0 Å². The highest BCUT2D eigenvalue weighted by molar-refractivity contribution is 7.10. The van der Waals surface area contributed by atoms with Gasteiger partial charge in [0.1, 0.15) is 12.4 Å². The maximum Gasteiger partial charge on any atom is 0.242 e. The number of hydrogen-bond acceptors (Lipinski definition) is 4. The molecule has 2 aromatic rings. The number of rotatable bonds is 8. The average Bonchev–Trinajstić information content (AvgIpc) is 3.48. The summed E-state index contributed by atoms with van der Waals surface area (Å²) in [6, 6.07) is 9.96. The van der Waals surface area contributed by atoms with Gasteiger partial charge in [-0.2, -0.15) is 0 Å². The fourth-order valence-electron chi connectivity index (χ4n) is 4.28. The molecule has 1 unspecified atom stereocenters. The number of fused-ring (bicyclic) bond motifs is 1. The Hall–Kier alpha value is -2.34. The van der Waals surface area contributed by atoms with Crippen LogP contribution in [0.15, 0.2) is 35.7 Å².